The van der Waals surface area contributed by atoms with E-state index in [1.165, 1.54) is 21.5 Å². The predicted octanol–water partition coefficient (Wildman–Crippen LogP) is 16.5. The summed E-state index contributed by atoms with van der Waals surface area (Å²) >= 11 is 0. The first-order valence-electron chi connectivity index (χ1n) is 23.0. The molecule has 1 aromatic heterocycles. The lowest BCUT2D eigenvalue weighted by Crippen LogP contribution is -2.75. The van der Waals surface area contributed by atoms with E-state index in [1.54, 1.807) is 4.73 Å². The molecule has 9 aromatic rings. The number of rotatable bonds is 6. The van der Waals surface area contributed by atoms with Gasteiger partial charge in [-0.1, -0.05) is 115 Å². The molecule has 0 radical (unpaired) electrons. The molecule has 430 valence electrons. The normalized spacial score (nSPS) is 13.4. The SMILES string of the molecule is FC(F)(F)c1cc([B-](c2cc(C(F)(F)F)cc(C(F)(F)F)c2)(c2cc(C(F)(F)F)cc(C(F)(F)F)c2)c2cc(C(F)(F)F)cc(C(F)(F)F)c2)cc(C(F)(F)F)c1.c1ccc2c[n+](Oc3cc4ccccc4c4ccccc34)ccc2c1. The minimum absolute atomic E-state index is 0.691. The highest BCUT2D eigenvalue weighted by Gasteiger charge is 2.47. The van der Waals surface area contributed by atoms with Crippen molar-refractivity contribution in [2.24, 2.45) is 0 Å². The number of halogens is 24. The van der Waals surface area contributed by atoms with Crippen LogP contribution in [0.5, 0.6) is 5.75 Å². The molecular formula is C55H28BF24NO. The summed E-state index contributed by atoms with van der Waals surface area (Å²) in [6.45, 7) is 0. The maximum Gasteiger partial charge on any atom is 0.416 e. The average Bonchev–Trinajstić information content (AvgIpc) is 0.982. The number of hydrogen-bond donors (Lipinski definition) is 0. The highest BCUT2D eigenvalue weighted by atomic mass is 19.4. The van der Waals surface area contributed by atoms with Gasteiger partial charge in [0.15, 0.2) is 0 Å². The second-order valence-electron chi connectivity index (χ2n) is 18.4. The van der Waals surface area contributed by atoms with Crippen LogP contribution in [0.2, 0.25) is 0 Å². The summed E-state index contributed by atoms with van der Waals surface area (Å²) < 4.78 is 343. The molecule has 0 amide bonds. The van der Waals surface area contributed by atoms with Gasteiger partial charge in [-0.25, -0.2) is 4.84 Å². The molecule has 0 N–H and O–H groups in total. The first-order valence-corrected chi connectivity index (χ1v) is 23.0. The van der Waals surface area contributed by atoms with E-state index in [4.69, 9.17) is 4.84 Å². The molecule has 0 saturated carbocycles. The third-order valence-corrected chi connectivity index (χ3v) is 13.0. The largest absolute Gasteiger partial charge is 0.416 e. The van der Waals surface area contributed by atoms with Gasteiger partial charge in [0.05, 0.1) is 49.9 Å². The fourth-order valence-corrected chi connectivity index (χ4v) is 9.45. The quantitative estimate of drug-likeness (QED) is 0.0700. The average molecular weight is 1190 g/mol. The standard InChI is InChI=1S/C32H12BF24.C23H16NO/c34-25(35,36)13-1-14(26(37,38)39)6-21(5-13)33(22-7-15(27(40,41)42)2-16(8-22)28(43,44)45,23-9-17(29(46,47)48)3-18(10-23)30(49,50)51)24-11-19(31(52,53)54)4-20(12-24)32(55,56)57;1-2-9-19-16-24(14-13-17(19)7-1)25-23-15-18-8-3-4-10-20(18)21-11-5-6-12-22(21)23/h1-12H;1-16H/q-1;+1. The molecule has 0 unspecified atom stereocenters. The van der Waals surface area contributed by atoms with Gasteiger partial charge < -0.3 is 0 Å². The molecule has 2 nitrogen and oxygen atoms in total. The zero-order chi connectivity index (χ0) is 60.6. The molecule has 0 aliphatic heterocycles. The van der Waals surface area contributed by atoms with Gasteiger partial charge in [0.1, 0.15) is 6.15 Å². The predicted molar refractivity (Wildman–Crippen MR) is 252 cm³/mol. The van der Waals surface area contributed by atoms with Crippen LogP contribution >= 0.6 is 0 Å². The summed E-state index contributed by atoms with van der Waals surface area (Å²) in [4.78, 5) is 6.22. The van der Waals surface area contributed by atoms with Crippen LogP contribution in [0.4, 0.5) is 105 Å². The smallest absolute Gasteiger partial charge is 0.231 e. The monoisotopic (exact) mass is 1190 g/mol. The Morgan fingerprint density at radius 3 is 0.854 bits per heavy atom. The van der Waals surface area contributed by atoms with Crippen molar-refractivity contribution in [2.45, 2.75) is 49.4 Å². The van der Waals surface area contributed by atoms with E-state index in [1.807, 2.05) is 24.5 Å². The Morgan fingerprint density at radius 1 is 0.268 bits per heavy atom. The lowest BCUT2D eigenvalue weighted by molar-refractivity contribution is -0.873. The zero-order valence-corrected chi connectivity index (χ0v) is 40.2. The molecule has 9 rings (SSSR count). The summed E-state index contributed by atoms with van der Waals surface area (Å²) in [6.07, 6.45) is -50.8. The first kappa shape index (κ1) is 60.0. The second kappa shape index (κ2) is 20.7. The molecule has 0 aliphatic carbocycles. The minimum atomic E-state index is -6.13. The fraction of sp³-hybridized carbons (Fsp3) is 0.145. The van der Waals surface area contributed by atoms with E-state index in [0.717, 1.165) is 16.5 Å². The van der Waals surface area contributed by atoms with Crippen LogP contribution in [0.3, 0.4) is 0 Å². The lowest BCUT2D eigenvalue weighted by atomic mass is 9.12. The van der Waals surface area contributed by atoms with Crippen molar-refractivity contribution >= 4 is 60.3 Å². The number of alkyl halides is 24. The number of nitrogens with zero attached hydrogens (tertiary/aromatic N) is 1. The Balaban J connectivity index is 0.000000288. The summed E-state index contributed by atoms with van der Waals surface area (Å²) in [7, 11) is 0. The molecule has 1 heterocycles. The van der Waals surface area contributed by atoms with Crippen LogP contribution in [0.1, 0.15) is 44.5 Å². The Morgan fingerprint density at radius 2 is 0.537 bits per heavy atom. The van der Waals surface area contributed by atoms with Crippen molar-refractivity contribution in [3.63, 3.8) is 0 Å². The van der Waals surface area contributed by atoms with Gasteiger partial charge in [0.2, 0.25) is 18.1 Å². The topological polar surface area (TPSA) is 13.1 Å². The number of benzene rings is 8. The molecule has 0 atom stereocenters. The second-order valence-corrected chi connectivity index (χ2v) is 18.4. The van der Waals surface area contributed by atoms with E-state index in [-0.39, 0.29) is 0 Å². The summed E-state index contributed by atoms with van der Waals surface area (Å²) in [6, 6.07) is 20.4. The number of fused-ring (bicyclic) bond motifs is 4. The van der Waals surface area contributed by atoms with E-state index in [9.17, 15) is 105 Å². The Hall–Kier alpha value is -8.13. The van der Waals surface area contributed by atoms with E-state index >= 15 is 0 Å². The third-order valence-electron chi connectivity index (χ3n) is 13.0. The molecule has 27 heteroatoms. The third kappa shape index (κ3) is 12.5. The zero-order valence-electron chi connectivity index (χ0n) is 40.2. The molecular weight excluding hydrogens is 1160 g/mol. The van der Waals surface area contributed by atoms with Gasteiger partial charge in [-0.15, -0.1) is 0 Å². The Bertz CT molecular complexity index is 3430. The number of hydrogen-bond acceptors (Lipinski definition) is 1. The summed E-state index contributed by atoms with van der Waals surface area (Å²) in [5.74, 6) is 0.856. The van der Waals surface area contributed by atoms with Gasteiger partial charge in [0.25, 0.3) is 0 Å². The molecule has 0 spiro atoms. The number of pyridine rings is 1. The van der Waals surface area contributed by atoms with Crippen molar-refractivity contribution < 1.29 is 115 Å². The summed E-state index contributed by atoms with van der Waals surface area (Å²) in [5, 5.41) is 7.09. The molecule has 0 aliphatic rings. The lowest BCUT2D eigenvalue weighted by Gasteiger charge is -2.46. The summed E-state index contributed by atoms with van der Waals surface area (Å²) in [5.41, 5.74) is -30.2. The molecule has 82 heavy (non-hydrogen) atoms. The van der Waals surface area contributed by atoms with Crippen molar-refractivity contribution in [3.8, 4) is 5.75 Å². The highest BCUT2D eigenvalue weighted by Crippen LogP contribution is 2.42. The molecule has 8 aromatic carbocycles. The van der Waals surface area contributed by atoms with Crippen LogP contribution in [-0.2, 0) is 49.4 Å². The van der Waals surface area contributed by atoms with E-state index in [0.29, 0.717) is 0 Å². The van der Waals surface area contributed by atoms with Crippen LogP contribution in [0.15, 0.2) is 170 Å². The van der Waals surface area contributed by atoms with E-state index in [2.05, 4.69) is 72.8 Å². The van der Waals surface area contributed by atoms with Crippen molar-refractivity contribution in [1.82, 2.24) is 0 Å². The van der Waals surface area contributed by atoms with Gasteiger partial charge >= 0.3 is 49.4 Å². The maximum absolute atomic E-state index is 14.2. The van der Waals surface area contributed by atoms with Gasteiger partial charge in [-0.2, -0.15) is 127 Å². The maximum atomic E-state index is 14.2. The van der Waals surface area contributed by atoms with Gasteiger partial charge in [0, 0.05) is 16.2 Å². The first-order chi connectivity index (χ1) is 37.6. The molecule has 0 fully saturated rings. The van der Waals surface area contributed by atoms with Crippen molar-refractivity contribution in [1.29, 1.82) is 0 Å². The molecule has 0 saturated heterocycles. The highest BCUT2D eigenvalue weighted by molar-refractivity contribution is 7.20. The van der Waals surface area contributed by atoms with Crippen molar-refractivity contribution in [3.05, 3.63) is 215 Å². The van der Waals surface area contributed by atoms with Crippen LogP contribution < -0.4 is 31.4 Å². The Labute approximate surface area is 444 Å². The minimum Gasteiger partial charge on any atom is -0.231 e. The van der Waals surface area contributed by atoms with Crippen molar-refractivity contribution in [2.75, 3.05) is 0 Å². The molecule has 0 bridgehead atoms. The van der Waals surface area contributed by atoms with Crippen LogP contribution in [0.25, 0.3) is 32.3 Å². The van der Waals surface area contributed by atoms with Crippen LogP contribution in [0, 0.1) is 0 Å². The van der Waals surface area contributed by atoms with Crippen LogP contribution in [-0.4, -0.2) is 6.15 Å². The van der Waals surface area contributed by atoms with Gasteiger partial charge in [-0.05, 0) is 57.9 Å². The van der Waals surface area contributed by atoms with Gasteiger partial charge in [-0.3, -0.25) is 0 Å². The number of aromatic nitrogens is 1. The fourth-order valence-electron chi connectivity index (χ4n) is 9.45. The van der Waals surface area contributed by atoms with E-state index < -0.39 is 195 Å². The Kier molecular flexibility index (Phi) is 15.1.